The average Bonchev–Trinajstić information content (AvgIpc) is 2.30. The van der Waals surface area contributed by atoms with Crippen molar-refractivity contribution in [2.75, 3.05) is 6.61 Å². The van der Waals surface area contributed by atoms with Crippen LogP contribution in [0.25, 0.3) is 0 Å². The molecule has 4 heteroatoms. The first kappa shape index (κ1) is 13.2. The zero-order chi connectivity index (χ0) is 12.7. The molecule has 1 atom stereocenters. The summed E-state index contributed by atoms with van der Waals surface area (Å²) in [5.74, 6) is -0.815. The van der Waals surface area contributed by atoms with Crippen LogP contribution in [0, 0.1) is 0 Å². The molecule has 0 heterocycles. The molecule has 1 rings (SSSR count). The van der Waals surface area contributed by atoms with Gasteiger partial charge in [0.15, 0.2) is 0 Å². The second-order valence-corrected chi connectivity index (χ2v) is 3.68. The Morgan fingerprint density at radius 3 is 2.53 bits per heavy atom. The first-order chi connectivity index (χ1) is 8.13. The van der Waals surface area contributed by atoms with Crippen LogP contribution in [0.3, 0.4) is 0 Å². The normalized spacial score (nSPS) is 11.6. The fourth-order valence-corrected chi connectivity index (χ4v) is 1.46. The van der Waals surface area contributed by atoms with E-state index >= 15 is 0 Å². The lowest BCUT2D eigenvalue weighted by Gasteiger charge is -2.13. The number of carbonyl (C=O) groups is 2. The van der Waals surface area contributed by atoms with Crippen LogP contribution in [0.2, 0.25) is 0 Å². The smallest absolute Gasteiger partial charge is 0.315 e. The fraction of sp³-hybridized carbons (Fsp3) is 0.385. The molecule has 0 aliphatic carbocycles. The van der Waals surface area contributed by atoms with Crippen molar-refractivity contribution in [3.05, 3.63) is 35.9 Å². The van der Waals surface area contributed by atoms with Crippen molar-refractivity contribution in [3.8, 4) is 0 Å². The topological polar surface area (TPSA) is 55.4 Å². The molecular weight excluding hydrogens is 218 g/mol. The van der Waals surface area contributed by atoms with Gasteiger partial charge < -0.3 is 10.1 Å². The number of rotatable bonds is 5. The van der Waals surface area contributed by atoms with Crippen LogP contribution in [-0.2, 0) is 14.3 Å². The molecule has 0 radical (unpaired) electrons. The van der Waals surface area contributed by atoms with Gasteiger partial charge in [0.2, 0.25) is 5.91 Å². The molecule has 1 aromatic carbocycles. The zero-order valence-electron chi connectivity index (χ0n) is 10.1. The highest BCUT2D eigenvalue weighted by Gasteiger charge is 2.13. The molecule has 4 nitrogen and oxygen atoms in total. The largest absolute Gasteiger partial charge is 0.466 e. The molecule has 1 aromatic rings. The van der Waals surface area contributed by atoms with Gasteiger partial charge in [-0.2, -0.15) is 0 Å². The maximum absolute atomic E-state index is 11.5. The first-order valence-electron chi connectivity index (χ1n) is 5.63. The lowest BCUT2D eigenvalue weighted by atomic mass is 10.1. The third-order valence-corrected chi connectivity index (χ3v) is 2.29. The molecule has 0 fully saturated rings. The lowest BCUT2D eigenvalue weighted by molar-refractivity contribution is -0.146. The Bertz CT molecular complexity index is 376. The number of ether oxygens (including phenoxy) is 1. The van der Waals surface area contributed by atoms with Gasteiger partial charge in [-0.1, -0.05) is 30.3 Å². The second-order valence-electron chi connectivity index (χ2n) is 3.68. The Hall–Kier alpha value is -1.84. The molecule has 0 aliphatic rings. The van der Waals surface area contributed by atoms with Crippen LogP contribution in [-0.4, -0.2) is 18.5 Å². The molecule has 0 spiro atoms. The minimum atomic E-state index is -0.495. The van der Waals surface area contributed by atoms with Crippen LogP contribution < -0.4 is 5.32 Å². The van der Waals surface area contributed by atoms with Gasteiger partial charge in [0, 0.05) is 0 Å². The van der Waals surface area contributed by atoms with E-state index in [0.29, 0.717) is 6.61 Å². The quantitative estimate of drug-likeness (QED) is 0.625. The van der Waals surface area contributed by atoms with E-state index in [1.54, 1.807) is 6.92 Å². The van der Waals surface area contributed by atoms with E-state index in [0.717, 1.165) is 5.56 Å². The van der Waals surface area contributed by atoms with Crippen molar-refractivity contribution in [1.82, 2.24) is 5.32 Å². The van der Waals surface area contributed by atoms with Crippen molar-refractivity contribution < 1.29 is 14.3 Å². The summed E-state index contributed by atoms with van der Waals surface area (Å²) in [5.41, 5.74) is 1.00. The number of hydrogen-bond donors (Lipinski definition) is 1. The highest BCUT2D eigenvalue weighted by molar-refractivity contribution is 5.94. The molecule has 0 saturated carbocycles. The lowest BCUT2D eigenvalue weighted by Crippen LogP contribution is -2.29. The summed E-state index contributed by atoms with van der Waals surface area (Å²) in [6, 6.07) is 9.46. The molecule has 92 valence electrons. The molecule has 0 saturated heterocycles. The van der Waals surface area contributed by atoms with Gasteiger partial charge in [-0.3, -0.25) is 9.59 Å². The van der Waals surface area contributed by atoms with Crippen molar-refractivity contribution in [2.45, 2.75) is 26.3 Å². The number of esters is 1. The highest BCUT2D eigenvalue weighted by atomic mass is 16.5. The number of amides is 1. The van der Waals surface area contributed by atoms with Crippen LogP contribution in [0.15, 0.2) is 30.3 Å². The Kier molecular flexibility index (Phi) is 5.20. The number of benzene rings is 1. The van der Waals surface area contributed by atoms with Gasteiger partial charge in [-0.25, -0.2) is 0 Å². The average molecular weight is 235 g/mol. The van der Waals surface area contributed by atoms with Crippen molar-refractivity contribution in [3.63, 3.8) is 0 Å². The van der Waals surface area contributed by atoms with Crippen LogP contribution in [0.4, 0.5) is 0 Å². The fourth-order valence-electron chi connectivity index (χ4n) is 1.46. The van der Waals surface area contributed by atoms with Crippen molar-refractivity contribution in [1.29, 1.82) is 0 Å². The number of hydrogen-bond acceptors (Lipinski definition) is 3. The predicted molar refractivity (Wildman–Crippen MR) is 64.2 cm³/mol. The standard InChI is InChI=1S/C13H17NO3/c1-3-17-13(16)9-12(15)14-10(2)11-7-5-4-6-8-11/h4-8,10H,3,9H2,1-2H3,(H,14,15). The van der Waals surface area contributed by atoms with Gasteiger partial charge in [0.05, 0.1) is 12.6 Å². The summed E-state index contributed by atoms with van der Waals surface area (Å²) in [4.78, 5) is 22.6. The van der Waals surface area contributed by atoms with Gasteiger partial charge in [-0.05, 0) is 19.4 Å². The molecule has 0 aromatic heterocycles. The highest BCUT2D eigenvalue weighted by Crippen LogP contribution is 2.11. The molecule has 0 aliphatic heterocycles. The molecule has 1 unspecified atom stereocenters. The van der Waals surface area contributed by atoms with Crippen LogP contribution >= 0.6 is 0 Å². The van der Waals surface area contributed by atoms with E-state index in [1.807, 2.05) is 37.3 Å². The maximum Gasteiger partial charge on any atom is 0.315 e. The Balaban J connectivity index is 2.44. The summed E-state index contributed by atoms with van der Waals surface area (Å²) in [5, 5.41) is 2.75. The second kappa shape index (κ2) is 6.68. The minimum Gasteiger partial charge on any atom is -0.466 e. The van der Waals surface area contributed by atoms with Gasteiger partial charge in [0.1, 0.15) is 6.42 Å². The predicted octanol–water partition coefficient (Wildman–Crippen LogP) is 1.82. The van der Waals surface area contributed by atoms with Crippen LogP contribution in [0.1, 0.15) is 31.9 Å². The zero-order valence-corrected chi connectivity index (χ0v) is 10.1. The minimum absolute atomic E-state index is 0.113. The maximum atomic E-state index is 11.5. The Labute approximate surface area is 101 Å². The van der Waals surface area contributed by atoms with E-state index in [1.165, 1.54) is 0 Å². The summed E-state index contributed by atoms with van der Waals surface area (Å²) >= 11 is 0. The van der Waals surface area contributed by atoms with Crippen LogP contribution in [0.5, 0.6) is 0 Å². The van der Waals surface area contributed by atoms with Crippen molar-refractivity contribution in [2.24, 2.45) is 0 Å². The van der Waals surface area contributed by atoms with E-state index in [9.17, 15) is 9.59 Å². The Morgan fingerprint density at radius 2 is 1.94 bits per heavy atom. The van der Waals surface area contributed by atoms with E-state index in [4.69, 9.17) is 4.74 Å². The summed E-state index contributed by atoms with van der Waals surface area (Å²) in [6.45, 7) is 3.88. The first-order valence-corrected chi connectivity index (χ1v) is 5.63. The third-order valence-electron chi connectivity index (χ3n) is 2.29. The van der Waals surface area contributed by atoms with Gasteiger partial charge >= 0.3 is 5.97 Å². The van der Waals surface area contributed by atoms with Crippen molar-refractivity contribution >= 4 is 11.9 Å². The number of nitrogens with one attached hydrogen (secondary N) is 1. The summed E-state index contributed by atoms with van der Waals surface area (Å²) < 4.78 is 4.70. The Morgan fingerprint density at radius 1 is 1.29 bits per heavy atom. The SMILES string of the molecule is CCOC(=O)CC(=O)NC(C)c1ccccc1. The molecule has 17 heavy (non-hydrogen) atoms. The monoisotopic (exact) mass is 235 g/mol. The summed E-state index contributed by atoms with van der Waals surface area (Å²) in [6.07, 6.45) is -0.231. The van der Waals surface area contributed by atoms with Gasteiger partial charge in [0.25, 0.3) is 0 Å². The molecular formula is C13H17NO3. The van der Waals surface area contributed by atoms with E-state index < -0.39 is 5.97 Å². The van der Waals surface area contributed by atoms with Gasteiger partial charge in [-0.15, -0.1) is 0 Å². The van der Waals surface area contributed by atoms with E-state index in [-0.39, 0.29) is 18.4 Å². The molecule has 0 bridgehead atoms. The molecule has 1 amide bonds. The summed E-state index contributed by atoms with van der Waals surface area (Å²) in [7, 11) is 0. The molecule has 1 N–H and O–H groups in total. The van der Waals surface area contributed by atoms with E-state index in [2.05, 4.69) is 5.32 Å². The third kappa shape index (κ3) is 4.68. The number of carbonyl (C=O) groups excluding carboxylic acids is 2.